The summed E-state index contributed by atoms with van der Waals surface area (Å²) in [5.41, 5.74) is 2.75. The predicted octanol–water partition coefficient (Wildman–Crippen LogP) is 3.48. The van der Waals surface area contributed by atoms with E-state index in [-0.39, 0.29) is 0 Å². The molecule has 0 saturated heterocycles. The van der Waals surface area contributed by atoms with Gasteiger partial charge >= 0.3 is 0 Å². The monoisotopic (exact) mass is 242 g/mol. The van der Waals surface area contributed by atoms with Crippen LogP contribution in [-0.2, 0) is 6.54 Å². The van der Waals surface area contributed by atoms with Gasteiger partial charge < -0.3 is 9.88 Å². The van der Waals surface area contributed by atoms with E-state index in [1.807, 2.05) is 0 Å². The Morgan fingerprint density at radius 1 is 1.22 bits per heavy atom. The zero-order valence-corrected chi connectivity index (χ0v) is 11.2. The van der Waals surface area contributed by atoms with Gasteiger partial charge in [0.25, 0.3) is 0 Å². The maximum Gasteiger partial charge on any atom is 0.0483 e. The number of nitrogens with zero attached hydrogens (tertiary/aromatic N) is 1. The van der Waals surface area contributed by atoms with Gasteiger partial charge in [0.2, 0.25) is 0 Å². The van der Waals surface area contributed by atoms with Crippen LogP contribution in [0.2, 0.25) is 0 Å². The molecular formula is C16H22N2. The number of para-hydroxylation sites is 1. The Hall–Kier alpha value is -1.28. The highest BCUT2D eigenvalue weighted by Gasteiger charge is 2.13. The lowest BCUT2D eigenvalue weighted by Gasteiger charge is -2.12. The first kappa shape index (κ1) is 11.8. The van der Waals surface area contributed by atoms with Crippen molar-refractivity contribution < 1.29 is 0 Å². The van der Waals surface area contributed by atoms with Gasteiger partial charge in [-0.1, -0.05) is 31.0 Å². The molecule has 0 amide bonds. The van der Waals surface area contributed by atoms with Gasteiger partial charge in [0.1, 0.15) is 0 Å². The number of nitrogens with one attached hydrogen (secondary N) is 1. The van der Waals surface area contributed by atoms with Gasteiger partial charge in [-0.3, -0.25) is 0 Å². The largest absolute Gasteiger partial charge is 0.346 e. The van der Waals surface area contributed by atoms with E-state index < -0.39 is 0 Å². The summed E-state index contributed by atoms with van der Waals surface area (Å²) in [5, 5.41) is 5.07. The molecule has 18 heavy (non-hydrogen) atoms. The molecule has 1 fully saturated rings. The average Bonchev–Trinajstić information content (AvgIpc) is 3.00. The van der Waals surface area contributed by atoms with Gasteiger partial charge in [-0.2, -0.15) is 0 Å². The maximum atomic E-state index is 3.68. The minimum atomic E-state index is 0.771. The molecule has 1 heterocycles. The third kappa shape index (κ3) is 2.30. The van der Waals surface area contributed by atoms with Crippen LogP contribution in [0.5, 0.6) is 0 Å². The van der Waals surface area contributed by atoms with E-state index in [1.54, 1.807) is 0 Å². The zero-order valence-electron chi connectivity index (χ0n) is 11.2. The molecule has 0 atom stereocenters. The normalized spacial score (nSPS) is 16.7. The first-order chi connectivity index (χ1) is 8.84. The number of fused-ring (bicyclic) bond motifs is 1. The summed E-state index contributed by atoms with van der Waals surface area (Å²) in [6, 6.07) is 9.45. The molecule has 0 bridgehead atoms. The van der Waals surface area contributed by atoms with Crippen LogP contribution in [-0.4, -0.2) is 17.2 Å². The first-order valence-corrected chi connectivity index (χ1v) is 7.12. The van der Waals surface area contributed by atoms with Gasteiger partial charge in [0, 0.05) is 36.2 Å². The second-order valence-electron chi connectivity index (χ2n) is 5.46. The van der Waals surface area contributed by atoms with Crippen LogP contribution in [0.3, 0.4) is 0 Å². The molecule has 2 aromatic rings. The van der Waals surface area contributed by atoms with Crippen molar-refractivity contribution >= 4 is 10.9 Å². The minimum Gasteiger partial charge on any atom is -0.346 e. The van der Waals surface area contributed by atoms with Crippen LogP contribution in [0, 0.1) is 6.92 Å². The first-order valence-electron chi connectivity index (χ1n) is 7.12. The molecule has 0 spiro atoms. The van der Waals surface area contributed by atoms with Gasteiger partial charge in [0.05, 0.1) is 0 Å². The summed E-state index contributed by atoms with van der Waals surface area (Å²) in [6.07, 6.45) is 7.82. The number of aromatic nitrogens is 1. The van der Waals surface area contributed by atoms with E-state index in [1.165, 1.54) is 42.1 Å². The smallest absolute Gasteiger partial charge is 0.0483 e. The fraction of sp³-hybridized carbons (Fsp3) is 0.500. The van der Waals surface area contributed by atoms with Crippen LogP contribution in [0.25, 0.3) is 10.9 Å². The number of aryl methyl sites for hydroxylation is 1. The molecule has 0 aliphatic heterocycles. The van der Waals surface area contributed by atoms with Crippen molar-refractivity contribution in [3.63, 3.8) is 0 Å². The van der Waals surface area contributed by atoms with Crippen molar-refractivity contribution in [1.82, 2.24) is 9.88 Å². The van der Waals surface area contributed by atoms with Crippen molar-refractivity contribution in [2.45, 2.75) is 45.2 Å². The molecule has 1 aliphatic carbocycles. The Labute approximate surface area is 109 Å². The Morgan fingerprint density at radius 2 is 2.00 bits per heavy atom. The summed E-state index contributed by atoms with van der Waals surface area (Å²) in [5.74, 6) is 0. The fourth-order valence-electron chi connectivity index (χ4n) is 3.13. The van der Waals surface area contributed by atoms with E-state index in [9.17, 15) is 0 Å². The standard InChI is InChI=1S/C16H22N2/c1-13-12-18(16-9-5-4-8-15(13)16)11-10-17-14-6-2-3-7-14/h4-5,8-9,12,14,17H,2-3,6-7,10-11H2,1H3. The Bertz CT molecular complexity index is 521. The van der Waals surface area contributed by atoms with Gasteiger partial charge in [-0.25, -0.2) is 0 Å². The lowest BCUT2D eigenvalue weighted by Crippen LogP contribution is -2.29. The van der Waals surface area contributed by atoms with Crippen LogP contribution in [0.4, 0.5) is 0 Å². The van der Waals surface area contributed by atoms with E-state index >= 15 is 0 Å². The number of hydrogen-bond donors (Lipinski definition) is 1. The zero-order chi connectivity index (χ0) is 12.4. The molecule has 1 aromatic carbocycles. The Kier molecular flexibility index (Phi) is 3.37. The van der Waals surface area contributed by atoms with Crippen molar-refractivity contribution in [2.24, 2.45) is 0 Å². The molecule has 1 N–H and O–H groups in total. The molecular weight excluding hydrogens is 220 g/mol. The number of benzene rings is 1. The molecule has 96 valence electrons. The van der Waals surface area contributed by atoms with Gasteiger partial charge in [0.15, 0.2) is 0 Å². The van der Waals surface area contributed by atoms with Crippen molar-refractivity contribution in [2.75, 3.05) is 6.54 Å². The van der Waals surface area contributed by atoms with Gasteiger partial charge in [-0.15, -0.1) is 0 Å². The second kappa shape index (κ2) is 5.15. The third-order valence-corrected chi connectivity index (χ3v) is 4.13. The summed E-state index contributed by atoms with van der Waals surface area (Å²) in [7, 11) is 0. The summed E-state index contributed by atoms with van der Waals surface area (Å²) in [4.78, 5) is 0. The highest BCUT2D eigenvalue weighted by Crippen LogP contribution is 2.20. The van der Waals surface area contributed by atoms with Gasteiger partial charge in [-0.05, 0) is 31.4 Å². The van der Waals surface area contributed by atoms with Crippen molar-refractivity contribution in [3.8, 4) is 0 Å². The number of rotatable bonds is 4. The highest BCUT2D eigenvalue weighted by atomic mass is 15.0. The third-order valence-electron chi connectivity index (χ3n) is 4.13. The molecule has 2 nitrogen and oxygen atoms in total. The molecule has 3 rings (SSSR count). The summed E-state index contributed by atoms with van der Waals surface area (Å²) >= 11 is 0. The molecule has 1 aromatic heterocycles. The number of hydrogen-bond acceptors (Lipinski definition) is 1. The fourth-order valence-corrected chi connectivity index (χ4v) is 3.13. The summed E-state index contributed by atoms with van der Waals surface area (Å²) in [6.45, 7) is 4.36. The Balaban J connectivity index is 1.67. The molecule has 2 heteroatoms. The molecule has 0 radical (unpaired) electrons. The van der Waals surface area contributed by atoms with Crippen LogP contribution < -0.4 is 5.32 Å². The Morgan fingerprint density at radius 3 is 2.83 bits per heavy atom. The minimum absolute atomic E-state index is 0.771. The van der Waals surface area contributed by atoms with Crippen LogP contribution in [0.15, 0.2) is 30.5 Å². The average molecular weight is 242 g/mol. The highest BCUT2D eigenvalue weighted by molar-refractivity contribution is 5.83. The summed E-state index contributed by atoms with van der Waals surface area (Å²) < 4.78 is 2.38. The molecule has 1 aliphatic rings. The molecule has 1 saturated carbocycles. The maximum absolute atomic E-state index is 3.68. The quantitative estimate of drug-likeness (QED) is 0.868. The SMILES string of the molecule is Cc1cn(CCNC2CCCC2)c2ccccc12. The van der Waals surface area contributed by atoms with Crippen LogP contribution >= 0.6 is 0 Å². The van der Waals surface area contributed by atoms with E-state index in [2.05, 4.69) is 47.3 Å². The van der Waals surface area contributed by atoms with Crippen molar-refractivity contribution in [3.05, 3.63) is 36.0 Å². The van der Waals surface area contributed by atoms with E-state index in [0.29, 0.717) is 0 Å². The lowest BCUT2D eigenvalue weighted by atomic mass is 10.2. The van der Waals surface area contributed by atoms with E-state index in [0.717, 1.165) is 19.1 Å². The van der Waals surface area contributed by atoms with Crippen LogP contribution in [0.1, 0.15) is 31.2 Å². The predicted molar refractivity (Wildman–Crippen MR) is 76.9 cm³/mol. The lowest BCUT2D eigenvalue weighted by molar-refractivity contribution is 0.500. The molecule has 0 unspecified atom stereocenters. The van der Waals surface area contributed by atoms with Crippen molar-refractivity contribution in [1.29, 1.82) is 0 Å². The topological polar surface area (TPSA) is 17.0 Å². The van der Waals surface area contributed by atoms with E-state index in [4.69, 9.17) is 0 Å². The second-order valence-corrected chi connectivity index (χ2v) is 5.46.